The maximum absolute atomic E-state index is 12.1. The first-order valence-corrected chi connectivity index (χ1v) is 8.58. The van der Waals surface area contributed by atoms with Crippen LogP contribution in [-0.2, 0) is 4.79 Å². The van der Waals surface area contributed by atoms with E-state index in [0.29, 0.717) is 15.6 Å². The van der Waals surface area contributed by atoms with Gasteiger partial charge in [0.15, 0.2) is 0 Å². The van der Waals surface area contributed by atoms with Gasteiger partial charge in [0, 0.05) is 22.8 Å². The van der Waals surface area contributed by atoms with Crippen LogP contribution >= 0.6 is 35.0 Å². The smallest absolute Gasteiger partial charge is 0.233 e. The molecule has 1 heterocycles. The minimum absolute atomic E-state index is 0.0859. The Morgan fingerprint density at radius 2 is 2.00 bits per heavy atom. The van der Waals surface area contributed by atoms with E-state index in [9.17, 15) is 9.90 Å². The number of carbonyl (C=O) groups is 1. The fraction of sp³-hybridized carbons (Fsp3) is 0.250. The van der Waals surface area contributed by atoms with E-state index in [4.69, 9.17) is 23.2 Å². The number of hydrogen-bond acceptors (Lipinski definition) is 4. The Hall–Kier alpha value is -1.27. The average molecular weight is 371 g/mol. The molecule has 1 amide bonds. The van der Waals surface area contributed by atoms with Gasteiger partial charge in [-0.25, -0.2) is 4.98 Å². The summed E-state index contributed by atoms with van der Waals surface area (Å²) in [4.78, 5) is 16.3. The fourth-order valence-corrected chi connectivity index (χ4v) is 3.25. The van der Waals surface area contributed by atoms with Crippen molar-refractivity contribution in [2.75, 3.05) is 6.54 Å². The number of rotatable bonds is 6. The minimum Gasteiger partial charge on any atom is -0.387 e. The second kappa shape index (κ2) is 8.55. The third-order valence-corrected chi connectivity index (χ3v) is 4.53. The lowest BCUT2D eigenvalue weighted by molar-refractivity contribution is -0.120. The predicted octanol–water partition coefficient (Wildman–Crippen LogP) is 3.72. The Bertz CT molecular complexity index is 650. The van der Waals surface area contributed by atoms with Gasteiger partial charge < -0.3 is 10.4 Å². The number of aliphatic hydroxyl groups is 1. The summed E-state index contributed by atoms with van der Waals surface area (Å²) >= 11 is 13.2. The van der Waals surface area contributed by atoms with E-state index < -0.39 is 6.10 Å². The number of pyridine rings is 1. The van der Waals surface area contributed by atoms with E-state index in [-0.39, 0.29) is 17.7 Å². The molecule has 0 bridgehead atoms. The Kier molecular flexibility index (Phi) is 6.72. The molecule has 4 nitrogen and oxygen atoms in total. The van der Waals surface area contributed by atoms with E-state index in [1.807, 2.05) is 18.2 Å². The van der Waals surface area contributed by atoms with Crippen molar-refractivity contribution in [3.63, 3.8) is 0 Å². The number of nitrogens with zero attached hydrogens (tertiary/aromatic N) is 1. The van der Waals surface area contributed by atoms with E-state index in [2.05, 4.69) is 10.3 Å². The van der Waals surface area contributed by atoms with Gasteiger partial charge in [-0.2, -0.15) is 0 Å². The van der Waals surface area contributed by atoms with Gasteiger partial charge >= 0.3 is 0 Å². The first kappa shape index (κ1) is 18.1. The molecule has 2 N–H and O–H groups in total. The predicted molar refractivity (Wildman–Crippen MR) is 94.0 cm³/mol. The van der Waals surface area contributed by atoms with Crippen molar-refractivity contribution in [1.82, 2.24) is 10.3 Å². The molecule has 122 valence electrons. The lowest BCUT2D eigenvalue weighted by Gasteiger charge is -2.15. The molecule has 2 atom stereocenters. The second-order valence-electron chi connectivity index (χ2n) is 4.89. The quantitative estimate of drug-likeness (QED) is 0.760. The molecular formula is C16H16Cl2N2O2S. The summed E-state index contributed by atoms with van der Waals surface area (Å²) in [5.41, 5.74) is 0.563. The van der Waals surface area contributed by atoms with Gasteiger partial charge in [-0.15, -0.1) is 0 Å². The van der Waals surface area contributed by atoms with Gasteiger partial charge in [0.25, 0.3) is 0 Å². The van der Waals surface area contributed by atoms with Gasteiger partial charge in [-0.05, 0) is 42.8 Å². The van der Waals surface area contributed by atoms with Crippen molar-refractivity contribution in [3.05, 3.63) is 58.2 Å². The summed E-state index contributed by atoms with van der Waals surface area (Å²) in [6.07, 6.45) is 0.807. The number of aliphatic hydroxyl groups excluding tert-OH is 1. The maximum atomic E-state index is 12.1. The largest absolute Gasteiger partial charge is 0.387 e. The van der Waals surface area contributed by atoms with E-state index in [1.165, 1.54) is 11.8 Å². The van der Waals surface area contributed by atoms with Crippen LogP contribution in [0.2, 0.25) is 10.0 Å². The van der Waals surface area contributed by atoms with Gasteiger partial charge in [-0.1, -0.05) is 41.0 Å². The van der Waals surface area contributed by atoms with Crippen LogP contribution in [0.4, 0.5) is 0 Å². The van der Waals surface area contributed by atoms with Gasteiger partial charge in [-0.3, -0.25) is 4.79 Å². The normalized spacial score (nSPS) is 13.4. The summed E-state index contributed by atoms with van der Waals surface area (Å²) in [6.45, 7) is 1.87. The van der Waals surface area contributed by atoms with Crippen LogP contribution in [0.3, 0.4) is 0 Å². The van der Waals surface area contributed by atoms with Crippen LogP contribution in [0.1, 0.15) is 18.6 Å². The first-order chi connectivity index (χ1) is 11.0. The van der Waals surface area contributed by atoms with Crippen molar-refractivity contribution in [1.29, 1.82) is 0 Å². The van der Waals surface area contributed by atoms with Crippen LogP contribution in [-0.4, -0.2) is 27.8 Å². The maximum Gasteiger partial charge on any atom is 0.233 e. The number of carbonyl (C=O) groups excluding carboxylic acids is 1. The highest BCUT2D eigenvalue weighted by Crippen LogP contribution is 2.24. The molecule has 1 aromatic carbocycles. The van der Waals surface area contributed by atoms with Crippen LogP contribution in [0.25, 0.3) is 0 Å². The van der Waals surface area contributed by atoms with Crippen LogP contribution in [0.5, 0.6) is 0 Å². The van der Waals surface area contributed by atoms with Crippen LogP contribution in [0.15, 0.2) is 47.6 Å². The molecule has 2 rings (SSSR count). The zero-order chi connectivity index (χ0) is 16.8. The number of nitrogens with one attached hydrogen (secondary N) is 1. The monoisotopic (exact) mass is 370 g/mol. The molecule has 0 aliphatic rings. The molecule has 0 aliphatic heterocycles. The average Bonchev–Trinajstić information content (AvgIpc) is 2.52. The van der Waals surface area contributed by atoms with Crippen molar-refractivity contribution < 1.29 is 9.90 Å². The molecule has 0 saturated carbocycles. The standard InChI is InChI=1S/C16H16Cl2N2O2S/c1-10(23-15-4-2-3-5-19-15)16(22)20-9-14(21)11-6-12(17)8-13(18)7-11/h2-8,10,14,21H,9H2,1H3,(H,20,22)/t10-,14+/m0/s1. The third-order valence-electron chi connectivity index (χ3n) is 3.04. The molecule has 7 heteroatoms. The molecule has 2 aromatic rings. The topological polar surface area (TPSA) is 62.2 Å². The molecule has 0 unspecified atom stereocenters. The summed E-state index contributed by atoms with van der Waals surface area (Å²) in [5.74, 6) is -0.173. The molecule has 1 aromatic heterocycles. The number of hydrogen-bond donors (Lipinski definition) is 2. The Morgan fingerprint density at radius 1 is 1.30 bits per heavy atom. The van der Waals surface area contributed by atoms with Gasteiger partial charge in [0.05, 0.1) is 16.4 Å². The van der Waals surface area contributed by atoms with Crippen molar-refractivity contribution in [3.8, 4) is 0 Å². The second-order valence-corrected chi connectivity index (χ2v) is 7.13. The number of halogens is 2. The molecule has 0 spiro atoms. The number of amides is 1. The Morgan fingerprint density at radius 3 is 2.61 bits per heavy atom. The third kappa shape index (κ3) is 5.70. The summed E-state index contributed by atoms with van der Waals surface area (Å²) in [6, 6.07) is 10.4. The molecular weight excluding hydrogens is 355 g/mol. The van der Waals surface area contributed by atoms with Crippen LogP contribution in [0, 0.1) is 0 Å². The van der Waals surface area contributed by atoms with E-state index in [1.54, 1.807) is 31.3 Å². The first-order valence-electron chi connectivity index (χ1n) is 6.95. The molecule has 0 aliphatic carbocycles. The summed E-state index contributed by atoms with van der Waals surface area (Å²) < 4.78 is 0. The number of aromatic nitrogens is 1. The lowest BCUT2D eigenvalue weighted by atomic mass is 10.1. The Balaban J connectivity index is 1.88. The minimum atomic E-state index is -0.873. The van der Waals surface area contributed by atoms with Gasteiger partial charge in [0.1, 0.15) is 0 Å². The highest BCUT2D eigenvalue weighted by Gasteiger charge is 2.17. The van der Waals surface area contributed by atoms with Crippen molar-refractivity contribution in [2.24, 2.45) is 0 Å². The van der Waals surface area contributed by atoms with E-state index >= 15 is 0 Å². The molecule has 0 radical (unpaired) electrons. The van der Waals surface area contributed by atoms with Gasteiger partial charge in [0.2, 0.25) is 5.91 Å². The van der Waals surface area contributed by atoms with E-state index in [0.717, 1.165) is 5.03 Å². The lowest BCUT2D eigenvalue weighted by Crippen LogP contribution is -2.34. The fourth-order valence-electron chi connectivity index (χ4n) is 1.88. The number of thioether (sulfide) groups is 1. The Labute approximate surface area is 149 Å². The highest BCUT2D eigenvalue weighted by atomic mass is 35.5. The van der Waals surface area contributed by atoms with Crippen LogP contribution < -0.4 is 5.32 Å². The number of benzene rings is 1. The van der Waals surface area contributed by atoms with Crippen molar-refractivity contribution in [2.45, 2.75) is 23.3 Å². The highest BCUT2D eigenvalue weighted by molar-refractivity contribution is 8.00. The zero-order valence-corrected chi connectivity index (χ0v) is 14.7. The summed E-state index contributed by atoms with van der Waals surface area (Å²) in [5, 5.41) is 14.2. The molecule has 0 fully saturated rings. The zero-order valence-electron chi connectivity index (χ0n) is 12.4. The molecule has 23 heavy (non-hydrogen) atoms. The van der Waals surface area contributed by atoms with Crippen molar-refractivity contribution >= 4 is 40.9 Å². The SMILES string of the molecule is C[C@H](Sc1ccccn1)C(=O)NC[C@@H](O)c1cc(Cl)cc(Cl)c1. The summed E-state index contributed by atoms with van der Waals surface area (Å²) in [7, 11) is 0. The molecule has 0 saturated heterocycles.